The Bertz CT molecular complexity index is 448. The predicted octanol–water partition coefficient (Wildman–Crippen LogP) is 3.06. The summed E-state index contributed by atoms with van der Waals surface area (Å²) in [7, 11) is 1.75. The minimum atomic E-state index is 0.125. The van der Waals surface area contributed by atoms with Crippen LogP contribution in [-0.2, 0) is 16.8 Å². The molecular weight excluding hydrogens is 318 g/mol. The molecule has 0 radical (unpaired) electrons. The third-order valence-corrected chi connectivity index (χ3v) is 5.27. The summed E-state index contributed by atoms with van der Waals surface area (Å²) in [6.07, 6.45) is 9.80. The molecule has 2 aliphatic rings. The molecule has 2 heterocycles. The van der Waals surface area contributed by atoms with Crippen LogP contribution in [0.15, 0.2) is 10.7 Å². The molecule has 0 amide bonds. The van der Waals surface area contributed by atoms with Crippen molar-refractivity contribution in [3.05, 3.63) is 16.4 Å². The van der Waals surface area contributed by atoms with E-state index in [9.17, 15) is 0 Å². The van der Waals surface area contributed by atoms with Gasteiger partial charge in [-0.3, -0.25) is 4.68 Å². The molecule has 1 N–H and O–H groups in total. The molecule has 1 unspecified atom stereocenters. The van der Waals surface area contributed by atoms with Crippen LogP contribution in [0.2, 0.25) is 0 Å². The van der Waals surface area contributed by atoms with E-state index in [4.69, 9.17) is 4.74 Å². The summed E-state index contributed by atoms with van der Waals surface area (Å²) in [6.45, 7) is 2.66. The van der Waals surface area contributed by atoms with Gasteiger partial charge in [0.25, 0.3) is 0 Å². The van der Waals surface area contributed by atoms with Crippen LogP contribution in [0.3, 0.4) is 0 Å². The van der Waals surface area contributed by atoms with Gasteiger partial charge in [0.1, 0.15) is 0 Å². The largest absolute Gasteiger partial charge is 0.383 e. The summed E-state index contributed by atoms with van der Waals surface area (Å²) in [6, 6.07) is 0. The molecule has 4 nitrogen and oxygen atoms in total. The Kier molecular flexibility index (Phi) is 4.48. The Labute approximate surface area is 129 Å². The van der Waals surface area contributed by atoms with E-state index in [-0.39, 0.29) is 5.54 Å². The fourth-order valence-electron chi connectivity index (χ4n) is 3.58. The molecule has 20 heavy (non-hydrogen) atoms. The van der Waals surface area contributed by atoms with Crippen molar-refractivity contribution in [2.45, 2.75) is 50.6 Å². The first-order valence-electron chi connectivity index (χ1n) is 7.73. The van der Waals surface area contributed by atoms with E-state index in [0.717, 1.165) is 23.5 Å². The quantitative estimate of drug-likeness (QED) is 0.894. The minimum absolute atomic E-state index is 0.125. The predicted molar refractivity (Wildman–Crippen MR) is 82.7 cm³/mol. The standard InChI is InChI=1S/C15H24BrN3O/c1-20-10-9-19-14(13(16)11-18-19)15(12-5-6-12)7-3-2-4-8-17-15/h11-12,17H,2-10H2,1H3. The van der Waals surface area contributed by atoms with Crippen LogP contribution in [0.5, 0.6) is 0 Å². The van der Waals surface area contributed by atoms with E-state index in [1.807, 2.05) is 6.20 Å². The summed E-state index contributed by atoms with van der Waals surface area (Å²) >= 11 is 3.74. The van der Waals surface area contributed by atoms with Crippen LogP contribution in [0.1, 0.15) is 44.2 Å². The van der Waals surface area contributed by atoms with Gasteiger partial charge in [-0.2, -0.15) is 5.10 Å². The molecule has 1 aliphatic heterocycles. The molecule has 0 aromatic carbocycles. The molecule has 1 aromatic heterocycles. The highest BCUT2D eigenvalue weighted by molar-refractivity contribution is 9.10. The van der Waals surface area contributed by atoms with Gasteiger partial charge in [-0.1, -0.05) is 12.8 Å². The number of aromatic nitrogens is 2. The van der Waals surface area contributed by atoms with Crippen molar-refractivity contribution < 1.29 is 4.74 Å². The second kappa shape index (κ2) is 6.16. The van der Waals surface area contributed by atoms with Crippen LogP contribution in [0.25, 0.3) is 0 Å². The summed E-state index contributed by atoms with van der Waals surface area (Å²) in [5, 5.41) is 8.45. The van der Waals surface area contributed by atoms with Crippen LogP contribution in [0.4, 0.5) is 0 Å². The summed E-state index contributed by atoms with van der Waals surface area (Å²) < 4.78 is 8.53. The molecule has 1 atom stereocenters. The number of methoxy groups -OCH3 is 1. The van der Waals surface area contributed by atoms with E-state index in [1.165, 1.54) is 44.2 Å². The summed E-state index contributed by atoms with van der Waals surface area (Å²) in [5.74, 6) is 0.773. The van der Waals surface area contributed by atoms with Crippen LogP contribution in [-0.4, -0.2) is 30.0 Å². The van der Waals surface area contributed by atoms with Gasteiger partial charge in [0.05, 0.1) is 35.1 Å². The topological polar surface area (TPSA) is 39.1 Å². The molecule has 1 aromatic rings. The van der Waals surface area contributed by atoms with Crippen molar-refractivity contribution in [2.24, 2.45) is 5.92 Å². The van der Waals surface area contributed by atoms with Gasteiger partial charge in [0, 0.05) is 7.11 Å². The Hall–Kier alpha value is -0.390. The molecule has 5 heteroatoms. The second-order valence-electron chi connectivity index (χ2n) is 6.04. The lowest BCUT2D eigenvalue weighted by atomic mass is 9.84. The number of nitrogens with zero attached hydrogens (tertiary/aromatic N) is 2. The monoisotopic (exact) mass is 341 g/mol. The van der Waals surface area contributed by atoms with E-state index >= 15 is 0 Å². The fourth-order valence-corrected chi connectivity index (χ4v) is 4.23. The fraction of sp³-hybridized carbons (Fsp3) is 0.800. The summed E-state index contributed by atoms with van der Waals surface area (Å²) in [4.78, 5) is 0. The number of ether oxygens (including phenoxy) is 1. The number of hydrogen-bond donors (Lipinski definition) is 1. The van der Waals surface area contributed by atoms with Crippen LogP contribution >= 0.6 is 15.9 Å². The summed E-state index contributed by atoms with van der Waals surface area (Å²) in [5.41, 5.74) is 1.47. The first kappa shape index (κ1) is 14.5. The average Bonchev–Trinajstić information content (AvgIpc) is 3.24. The van der Waals surface area contributed by atoms with Gasteiger partial charge in [-0.15, -0.1) is 0 Å². The van der Waals surface area contributed by atoms with Crippen molar-refractivity contribution in [3.8, 4) is 0 Å². The van der Waals surface area contributed by atoms with Crippen LogP contribution < -0.4 is 5.32 Å². The number of halogens is 1. The maximum absolute atomic E-state index is 5.23. The molecule has 1 saturated heterocycles. The molecule has 3 rings (SSSR count). The molecule has 112 valence electrons. The third kappa shape index (κ3) is 2.68. The Morgan fingerprint density at radius 1 is 1.45 bits per heavy atom. The zero-order chi connectivity index (χ0) is 14.0. The normalized spacial score (nSPS) is 27.5. The lowest BCUT2D eigenvalue weighted by Gasteiger charge is -2.35. The molecule has 2 fully saturated rings. The number of nitrogens with one attached hydrogen (secondary N) is 1. The number of rotatable bonds is 5. The van der Waals surface area contributed by atoms with Crippen LogP contribution in [0, 0.1) is 5.92 Å². The van der Waals surface area contributed by atoms with E-state index < -0.39 is 0 Å². The number of hydrogen-bond acceptors (Lipinski definition) is 3. The zero-order valence-corrected chi connectivity index (χ0v) is 13.8. The van der Waals surface area contributed by atoms with Gasteiger partial charge < -0.3 is 10.1 Å². The molecular formula is C15H24BrN3O. The molecule has 0 bridgehead atoms. The average molecular weight is 342 g/mol. The molecule has 0 spiro atoms. The minimum Gasteiger partial charge on any atom is -0.383 e. The second-order valence-corrected chi connectivity index (χ2v) is 6.89. The zero-order valence-electron chi connectivity index (χ0n) is 12.2. The lowest BCUT2D eigenvalue weighted by Crippen LogP contribution is -2.46. The Morgan fingerprint density at radius 2 is 2.30 bits per heavy atom. The van der Waals surface area contributed by atoms with Crippen molar-refractivity contribution in [3.63, 3.8) is 0 Å². The maximum Gasteiger partial charge on any atom is 0.0730 e. The van der Waals surface area contributed by atoms with Gasteiger partial charge >= 0.3 is 0 Å². The highest BCUT2D eigenvalue weighted by Gasteiger charge is 2.49. The first-order chi connectivity index (χ1) is 9.78. The van der Waals surface area contributed by atoms with Crippen molar-refractivity contribution >= 4 is 15.9 Å². The van der Waals surface area contributed by atoms with Crippen molar-refractivity contribution in [1.29, 1.82) is 0 Å². The van der Waals surface area contributed by atoms with Gasteiger partial charge in [0.15, 0.2) is 0 Å². The van der Waals surface area contributed by atoms with Gasteiger partial charge in [-0.25, -0.2) is 0 Å². The highest BCUT2D eigenvalue weighted by atomic mass is 79.9. The third-order valence-electron chi connectivity index (χ3n) is 4.69. The van der Waals surface area contributed by atoms with Crippen molar-refractivity contribution in [1.82, 2.24) is 15.1 Å². The lowest BCUT2D eigenvalue weighted by molar-refractivity contribution is 0.175. The Morgan fingerprint density at radius 3 is 3.05 bits per heavy atom. The smallest absolute Gasteiger partial charge is 0.0730 e. The van der Waals surface area contributed by atoms with Crippen molar-refractivity contribution in [2.75, 3.05) is 20.3 Å². The highest BCUT2D eigenvalue weighted by Crippen LogP contribution is 2.50. The maximum atomic E-state index is 5.23. The first-order valence-corrected chi connectivity index (χ1v) is 8.53. The molecule has 1 saturated carbocycles. The van der Waals surface area contributed by atoms with E-state index in [1.54, 1.807) is 7.11 Å². The molecule has 1 aliphatic carbocycles. The Balaban J connectivity index is 1.96. The van der Waals surface area contributed by atoms with E-state index in [0.29, 0.717) is 6.61 Å². The van der Waals surface area contributed by atoms with Gasteiger partial charge in [0.2, 0.25) is 0 Å². The SMILES string of the molecule is COCCn1ncc(Br)c1C1(C2CC2)CCCCCN1. The van der Waals surface area contributed by atoms with Gasteiger partial charge in [-0.05, 0) is 54.1 Å². The van der Waals surface area contributed by atoms with E-state index in [2.05, 4.69) is 31.0 Å².